The third-order valence-electron chi connectivity index (χ3n) is 4.65. The number of carboxylic acid groups (broad SMARTS) is 3. The monoisotopic (exact) mass is 408 g/mol. The average molecular weight is 408 g/mol. The molecule has 0 aromatic rings. The molecule has 0 heterocycles. The molecule has 0 aliphatic carbocycles. The largest absolute Gasteiger partial charge is 0.481 e. The van der Waals surface area contributed by atoms with Crippen molar-refractivity contribution in [2.45, 2.75) is 44.6 Å². The minimum absolute atomic E-state index is 0.130. The van der Waals surface area contributed by atoms with Crippen LogP contribution in [0.2, 0.25) is 0 Å². The number of carbonyl (C=O) groups excluding carboxylic acids is 1. The highest BCUT2D eigenvalue weighted by Crippen LogP contribution is 2.49. The number of hydrogen-bond acceptors (Lipinski definition) is 8. The first-order chi connectivity index (χ1) is 13.1. The maximum absolute atomic E-state index is 12.4. The fourth-order valence-electron chi connectivity index (χ4n) is 3.45. The van der Waals surface area contributed by atoms with Gasteiger partial charge in [0.05, 0.1) is 6.61 Å². The quantitative estimate of drug-likeness (QED) is 0.137. The van der Waals surface area contributed by atoms with Crippen LogP contribution >= 0.6 is 0 Å². The van der Waals surface area contributed by atoms with E-state index in [0.29, 0.717) is 0 Å². The maximum Gasteiger partial charge on any atom is 0.338 e. The SMILES string of the molecule is CC(=O)C(C(=O)O)C(OCCCO)(C(=O)O)C(CCCO)(CCCO)C(=O)O. The van der Waals surface area contributed by atoms with Gasteiger partial charge in [0.15, 0.2) is 5.92 Å². The molecule has 0 aromatic heterocycles. The van der Waals surface area contributed by atoms with E-state index in [1.807, 2.05) is 0 Å². The van der Waals surface area contributed by atoms with E-state index in [2.05, 4.69) is 0 Å². The Balaban J connectivity index is 6.94. The van der Waals surface area contributed by atoms with Gasteiger partial charge in [0, 0.05) is 19.8 Å². The van der Waals surface area contributed by atoms with Crippen molar-refractivity contribution in [3.8, 4) is 0 Å². The molecule has 0 aromatic carbocycles. The van der Waals surface area contributed by atoms with E-state index in [4.69, 9.17) is 20.1 Å². The van der Waals surface area contributed by atoms with Gasteiger partial charge in [-0.3, -0.25) is 14.4 Å². The van der Waals surface area contributed by atoms with E-state index < -0.39 is 79.9 Å². The van der Waals surface area contributed by atoms with Gasteiger partial charge in [-0.1, -0.05) is 0 Å². The van der Waals surface area contributed by atoms with Crippen molar-refractivity contribution in [2.75, 3.05) is 26.4 Å². The van der Waals surface area contributed by atoms with Gasteiger partial charge < -0.3 is 35.4 Å². The summed E-state index contributed by atoms with van der Waals surface area (Å²) in [6.45, 7) is -1.18. The summed E-state index contributed by atoms with van der Waals surface area (Å²) >= 11 is 0. The Morgan fingerprint density at radius 1 is 0.821 bits per heavy atom. The van der Waals surface area contributed by atoms with Gasteiger partial charge >= 0.3 is 17.9 Å². The van der Waals surface area contributed by atoms with E-state index in [1.165, 1.54) is 0 Å². The van der Waals surface area contributed by atoms with Crippen molar-refractivity contribution in [1.82, 2.24) is 0 Å². The zero-order valence-electron chi connectivity index (χ0n) is 15.7. The lowest BCUT2D eigenvalue weighted by Gasteiger charge is -2.47. The first kappa shape index (κ1) is 25.9. The van der Waals surface area contributed by atoms with Crippen molar-refractivity contribution < 1.29 is 54.6 Å². The highest BCUT2D eigenvalue weighted by atomic mass is 16.5. The first-order valence-electron chi connectivity index (χ1n) is 8.75. The van der Waals surface area contributed by atoms with Gasteiger partial charge in [-0.05, 0) is 39.0 Å². The number of Topliss-reactive ketones (excluding diaryl/α,β-unsaturated/α-hetero) is 1. The van der Waals surface area contributed by atoms with E-state index in [9.17, 15) is 34.5 Å². The van der Waals surface area contributed by atoms with Crippen LogP contribution in [0.1, 0.15) is 39.0 Å². The van der Waals surface area contributed by atoms with Crippen LogP contribution in [0.25, 0.3) is 0 Å². The Labute approximate surface area is 161 Å². The van der Waals surface area contributed by atoms with Crippen molar-refractivity contribution in [3.63, 3.8) is 0 Å². The minimum Gasteiger partial charge on any atom is -0.481 e. The summed E-state index contributed by atoms with van der Waals surface area (Å²) in [4.78, 5) is 48.6. The minimum atomic E-state index is -3.02. The number of ketones is 1. The van der Waals surface area contributed by atoms with Crippen LogP contribution in [0.4, 0.5) is 0 Å². The third kappa shape index (κ3) is 5.25. The van der Waals surface area contributed by atoms with Gasteiger partial charge in [0.25, 0.3) is 0 Å². The third-order valence-corrected chi connectivity index (χ3v) is 4.65. The average Bonchev–Trinajstić information content (AvgIpc) is 2.60. The Morgan fingerprint density at radius 3 is 1.57 bits per heavy atom. The van der Waals surface area contributed by atoms with Gasteiger partial charge in [0.1, 0.15) is 11.2 Å². The van der Waals surface area contributed by atoms with Crippen molar-refractivity contribution in [2.24, 2.45) is 11.3 Å². The van der Waals surface area contributed by atoms with Crippen LogP contribution in [-0.2, 0) is 23.9 Å². The second-order valence-corrected chi connectivity index (χ2v) is 6.39. The zero-order chi connectivity index (χ0) is 22.0. The lowest BCUT2D eigenvalue weighted by molar-refractivity contribution is -0.220. The molecule has 0 aliphatic heterocycles. The number of carbonyl (C=O) groups is 4. The lowest BCUT2D eigenvalue weighted by Crippen LogP contribution is -2.67. The predicted octanol–water partition coefficient (Wildman–Crippen LogP) is -0.885. The number of aliphatic hydroxyl groups excluding tert-OH is 3. The summed E-state index contributed by atoms with van der Waals surface area (Å²) in [6.07, 6.45) is -1.57. The molecule has 0 spiro atoms. The van der Waals surface area contributed by atoms with Crippen LogP contribution in [0.3, 0.4) is 0 Å². The number of hydrogen-bond donors (Lipinski definition) is 6. The molecule has 0 saturated carbocycles. The molecule has 28 heavy (non-hydrogen) atoms. The lowest BCUT2D eigenvalue weighted by atomic mass is 9.59. The van der Waals surface area contributed by atoms with Crippen molar-refractivity contribution in [1.29, 1.82) is 0 Å². The van der Waals surface area contributed by atoms with Crippen molar-refractivity contribution >= 4 is 23.7 Å². The summed E-state index contributed by atoms with van der Waals surface area (Å²) < 4.78 is 5.33. The number of carboxylic acids is 3. The summed E-state index contributed by atoms with van der Waals surface area (Å²) in [6, 6.07) is 0. The highest BCUT2D eigenvalue weighted by Gasteiger charge is 2.69. The number of aliphatic hydroxyl groups is 3. The molecule has 0 bridgehead atoms. The standard InChI is InChI=1S/C17H28O11/c1-11(21)12(13(22)23)17(15(26)27,28-10-4-9-20)16(14(24)25,5-2-7-18)6-3-8-19/h12,18-20H,2-10H2,1H3,(H,22,23)(H,24,25)(H,26,27). The summed E-state index contributed by atoms with van der Waals surface area (Å²) in [5.41, 5.74) is -5.45. The van der Waals surface area contributed by atoms with Gasteiger partial charge in [0.2, 0.25) is 5.60 Å². The van der Waals surface area contributed by atoms with Crippen LogP contribution < -0.4 is 0 Å². The molecule has 0 amide bonds. The molecule has 0 aliphatic rings. The number of ether oxygens (including phenoxy) is 1. The van der Waals surface area contributed by atoms with Gasteiger partial charge in [-0.15, -0.1) is 0 Å². The second-order valence-electron chi connectivity index (χ2n) is 6.39. The van der Waals surface area contributed by atoms with Crippen LogP contribution in [0.5, 0.6) is 0 Å². The maximum atomic E-state index is 12.4. The number of rotatable bonds is 16. The molecule has 2 unspecified atom stereocenters. The normalized spacial score (nSPS) is 14.9. The zero-order valence-corrected chi connectivity index (χ0v) is 15.7. The molecule has 0 fully saturated rings. The summed E-state index contributed by atoms with van der Waals surface area (Å²) in [5.74, 6) is -9.06. The molecule has 6 N–H and O–H groups in total. The topological polar surface area (TPSA) is 199 Å². The van der Waals surface area contributed by atoms with Crippen LogP contribution in [0.15, 0.2) is 0 Å². The fraction of sp³-hybridized carbons (Fsp3) is 0.765. The molecule has 0 radical (unpaired) electrons. The summed E-state index contributed by atoms with van der Waals surface area (Å²) in [7, 11) is 0. The molecule has 162 valence electrons. The second kappa shape index (κ2) is 11.7. The highest BCUT2D eigenvalue weighted by molar-refractivity contribution is 6.06. The Kier molecular flexibility index (Phi) is 10.8. The Bertz CT molecular complexity index is 537. The van der Waals surface area contributed by atoms with Crippen LogP contribution in [-0.4, -0.2) is 86.4 Å². The fourth-order valence-corrected chi connectivity index (χ4v) is 3.45. The van der Waals surface area contributed by atoms with Gasteiger partial charge in [-0.25, -0.2) is 4.79 Å². The molecular formula is C17H28O11. The molecule has 0 saturated heterocycles. The van der Waals surface area contributed by atoms with E-state index in [-0.39, 0.29) is 19.3 Å². The Hall–Kier alpha value is -2.08. The molecule has 2 atom stereocenters. The van der Waals surface area contributed by atoms with E-state index in [1.54, 1.807) is 0 Å². The van der Waals surface area contributed by atoms with E-state index >= 15 is 0 Å². The van der Waals surface area contributed by atoms with Crippen molar-refractivity contribution in [3.05, 3.63) is 0 Å². The molecule has 11 heteroatoms. The summed E-state index contributed by atoms with van der Waals surface area (Å²) in [5, 5.41) is 56.8. The van der Waals surface area contributed by atoms with E-state index in [0.717, 1.165) is 6.92 Å². The molecule has 11 nitrogen and oxygen atoms in total. The number of aliphatic carboxylic acids is 3. The molecular weight excluding hydrogens is 380 g/mol. The predicted molar refractivity (Wildman–Crippen MR) is 92.5 cm³/mol. The first-order valence-corrected chi connectivity index (χ1v) is 8.75. The van der Waals surface area contributed by atoms with Crippen LogP contribution in [0, 0.1) is 11.3 Å². The van der Waals surface area contributed by atoms with Gasteiger partial charge in [-0.2, -0.15) is 0 Å². The molecule has 0 rings (SSSR count). The Morgan fingerprint density at radius 2 is 1.29 bits per heavy atom. The smallest absolute Gasteiger partial charge is 0.338 e.